The molecule has 1 amide bonds. The monoisotopic (exact) mass is 461 g/mol. The van der Waals surface area contributed by atoms with Gasteiger partial charge in [0.15, 0.2) is 5.96 Å². The lowest BCUT2D eigenvalue weighted by molar-refractivity contribution is -0.114. The third-order valence-electron chi connectivity index (χ3n) is 3.48. The molecule has 25 heavy (non-hydrogen) atoms. The number of ether oxygens (including phenoxy) is 1. The number of hydrogen-bond donors (Lipinski definition) is 3. The minimum absolute atomic E-state index is 0. The summed E-state index contributed by atoms with van der Waals surface area (Å²) in [6, 6.07) is 3.56. The van der Waals surface area contributed by atoms with Crippen molar-refractivity contribution in [2.24, 2.45) is 10.9 Å². The average Bonchev–Trinajstić information content (AvgIpc) is 3.41. The van der Waals surface area contributed by atoms with E-state index in [-0.39, 0.29) is 36.4 Å². The van der Waals surface area contributed by atoms with E-state index in [1.54, 1.807) is 24.5 Å². The molecule has 1 aliphatic rings. The van der Waals surface area contributed by atoms with Crippen LogP contribution in [0.2, 0.25) is 0 Å². The Morgan fingerprint density at radius 1 is 1.40 bits per heavy atom. The molecule has 1 fully saturated rings. The normalized spacial score (nSPS) is 13.7. The van der Waals surface area contributed by atoms with Gasteiger partial charge in [-0.2, -0.15) is 0 Å². The van der Waals surface area contributed by atoms with Crippen molar-refractivity contribution in [2.45, 2.75) is 26.2 Å². The Hall–Kier alpha value is -1.42. The van der Waals surface area contributed by atoms with Gasteiger partial charge in [0.25, 0.3) is 0 Å². The molecule has 8 heteroatoms. The molecule has 0 saturated heterocycles. The number of nitrogens with zero attached hydrogens (tertiary/aromatic N) is 2. The third kappa shape index (κ3) is 10.2. The van der Waals surface area contributed by atoms with Crippen LogP contribution in [0.3, 0.4) is 0 Å². The van der Waals surface area contributed by atoms with Crippen LogP contribution in [-0.2, 0) is 9.53 Å². The zero-order valence-corrected chi connectivity index (χ0v) is 17.0. The molecule has 7 nitrogen and oxygen atoms in total. The van der Waals surface area contributed by atoms with Crippen LogP contribution in [0.5, 0.6) is 0 Å². The Labute approximate surface area is 166 Å². The summed E-state index contributed by atoms with van der Waals surface area (Å²) in [6.07, 6.45) is 6.81. The van der Waals surface area contributed by atoms with E-state index >= 15 is 0 Å². The van der Waals surface area contributed by atoms with Gasteiger partial charge in [-0.05, 0) is 44.2 Å². The highest BCUT2D eigenvalue weighted by Gasteiger charge is 2.20. The van der Waals surface area contributed by atoms with Crippen LogP contribution < -0.4 is 16.0 Å². The second-order valence-electron chi connectivity index (χ2n) is 5.78. The van der Waals surface area contributed by atoms with E-state index < -0.39 is 0 Å². The first-order chi connectivity index (χ1) is 11.8. The zero-order chi connectivity index (χ0) is 17.0. The van der Waals surface area contributed by atoms with Gasteiger partial charge in [-0.1, -0.05) is 0 Å². The van der Waals surface area contributed by atoms with Gasteiger partial charge in [0, 0.05) is 32.5 Å². The van der Waals surface area contributed by atoms with Crippen LogP contribution >= 0.6 is 24.0 Å². The number of rotatable bonds is 10. The smallest absolute Gasteiger partial charge is 0.246 e. The van der Waals surface area contributed by atoms with Crippen molar-refractivity contribution in [3.8, 4) is 0 Å². The van der Waals surface area contributed by atoms with Crippen molar-refractivity contribution in [1.82, 2.24) is 15.6 Å². The van der Waals surface area contributed by atoms with Crippen LogP contribution in [0.25, 0.3) is 0 Å². The fourth-order valence-corrected chi connectivity index (χ4v) is 2.05. The Bertz CT molecular complexity index is 523. The van der Waals surface area contributed by atoms with Crippen LogP contribution in [-0.4, -0.2) is 49.7 Å². The van der Waals surface area contributed by atoms with E-state index in [2.05, 4.69) is 25.9 Å². The molecule has 0 atom stereocenters. The van der Waals surface area contributed by atoms with E-state index in [0.717, 1.165) is 38.6 Å². The maximum atomic E-state index is 11.9. The lowest BCUT2D eigenvalue weighted by atomic mass is 10.4. The molecule has 1 heterocycles. The van der Waals surface area contributed by atoms with Gasteiger partial charge in [-0.3, -0.25) is 9.78 Å². The molecule has 0 unspecified atom stereocenters. The molecular weight excluding hydrogens is 433 g/mol. The number of carbonyl (C=O) groups excluding carboxylic acids is 1. The summed E-state index contributed by atoms with van der Waals surface area (Å²) in [6.45, 7) is 5.20. The molecule has 3 N–H and O–H groups in total. The molecular formula is C17H28IN5O2. The summed E-state index contributed by atoms with van der Waals surface area (Å²) in [5.41, 5.74) is 0.670. The number of nitrogens with one attached hydrogen (secondary N) is 3. The van der Waals surface area contributed by atoms with Crippen molar-refractivity contribution < 1.29 is 9.53 Å². The predicted molar refractivity (Wildman–Crippen MR) is 110 cm³/mol. The van der Waals surface area contributed by atoms with Gasteiger partial charge in [0.2, 0.25) is 5.91 Å². The topological polar surface area (TPSA) is 87.6 Å². The number of pyridine rings is 1. The number of aromatic nitrogens is 1. The second-order valence-corrected chi connectivity index (χ2v) is 5.78. The van der Waals surface area contributed by atoms with Crippen LogP contribution in [0.15, 0.2) is 29.5 Å². The number of aliphatic imine (C=N–C) groups is 1. The Kier molecular flexibility index (Phi) is 11.1. The van der Waals surface area contributed by atoms with Crippen molar-refractivity contribution in [3.05, 3.63) is 24.5 Å². The maximum Gasteiger partial charge on any atom is 0.246 e. The van der Waals surface area contributed by atoms with Gasteiger partial charge in [-0.25, -0.2) is 4.99 Å². The van der Waals surface area contributed by atoms with Crippen LogP contribution in [0, 0.1) is 5.92 Å². The van der Waals surface area contributed by atoms with E-state index in [1.165, 1.54) is 12.8 Å². The van der Waals surface area contributed by atoms with Crippen molar-refractivity contribution in [1.29, 1.82) is 0 Å². The van der Waals surface area contributed by atoms with Gasteiger partial charge < -0.3 is 20.7 Å². The van der Waals surface area contributed by atoms with E-state index in [9.17, 15) is 4.79 Å². The first-order valence-electron chi connectivity index (χ1n) is 8.57. The van der Waals surface area contributed by atoms with Crippen LogP contribution in [0.1, 0.15) is 26.2 Å². The van der Waals surface area contributed by atoms with Gasteiger partial charge >= 0.3 is 0 Å². The van der Waals surface area contributed by atoms with Crippen molar-refractivity contribution in [3.63, 3.8) is 0 Å². The molecule has 0 spiro atoms. The fraction of sp³-hybridized carbons (Fsp3) is 0.588. The van der Waals surface area contributed by atoms with Gasteiger partial charge in [0.1, 0.15) is 6.54 Å². The Morgan fingerprint density at radius 3 is 2.92 bits per heavy atom. The predicted octanol–water partition coefficient (Wildman–Crippen LogP) is 2.01. The highest BCUT2D eigenvalue weighted by atomic mass is 127. The lowest BCUT2D eigenvalue weighted by Gasteiger charge is -2.11. The third-order valence-corrected chi connectivity index (χ3v) is 3.48. The molecule has 1 aromatic heterocycles. The highest BCUT2D eigenvalue weighted by molar-refractivity contribution is 14.0. The summed E-state index contributed by atoms with van der Waals surface area (Å²) in [5, 5.41) is 9.09. The number of guanidine groups is 1. The minimum Gasteiger partial charge on any atom is -0.381 e. The molecule has 0 aliphatic heterocycles. The molecule has 0 radical (unpaired) electrons. The number of amides is 1. The van der Waals surface area contributed by atoms with E-state index in [1.807, 2.05) is 6.92 Å². The second kappa shape index (κ2) is 12.9. The first-order valence-corrected chi connectivity index (χ1v) is 8.57. The van der Waals surface area contributed by atoms with E-state index in [0.29, 0.717) is 11.6 Å². The summed E-state index contributed by atoms with van der Waals surface area (Å²) in [5.74, 6) is 1.27. The number of hydrogen-bond acceptors (Lipinski definition) is 4. The van der Waals surface area contributed by atoms with Gasteiger partial charge in [0.05, 0.1) is 11.9 Å². The first kappa shape index (κ1) is 21.6. The zero-order valence-electron chi connectivity index (χ0n) is 14.7. The SMILES string of the molecule is CCNC(=NCC(=O)Nc1cccnc1)NCCCOCC1CC1.I. The Morgan fingerprint density at radius 2 is 2.24 bits per heavy atom. The summed E-state index contributed by atoms with van der Waals surface area (Å²) in [4.78, 5) is 20.1. The molecule has 1 saturated carbocycles. The lowest BCUT2D eigenvalue weighted by Crippen LogP contribution is -2.38. The largest absolute Gasteiger partial charge is 0.381 e. The maximum absolute atomic E-state index is 11.9. The van der Waals surface area contributed by atoms with Crippen molar-refractivity contribution >= 4 is 41.5 Å². The number of carbonyl (C=O) groups is 1. The number of anilines is 1. The fourth-order valence-electron chi connectivity index (χ4n) is 2.05. The average molecular weight is 461 g/mol. The molecule has 140 valence electrons. The van der Waals surface area contributed by atoms with E-state index in [4.69, 9.17) is 4.74 Å². The Balaban J connectivity index is 0.00000312. The minimum atomic E-state index is -0.173. The quantitative estimate of drug-likeness (QED) is 0.215. The van der Waals surface area contributed by atoms with Crippen LogP contribution in [0.4, 0.5) is 5.69 Å². The summed E-state index contributed by atoms with van der Waals surface area (Å²) >= 11 is 0. The summed E-state index contributed by atoms with van der Waals surface area (Å²) < 4.78 is 5.59. The highest BCUT2D eigenvalue weighted by Crippen LogP contribution is 2.28. The molecule has 1 aromatic rings. The molecule has 2 rings (SSSR count). The molecule has 1 aliphatic carbocycles. The number of halogens is 1. The molecule has 0 aromatic carbocycles. The molecule has 0 bridgehead atoms. The van der Waals surface area contributed by atoms with Gasteiger partial charge in [-0.15, -0.1) is 24.0 Å². The standard InChI is InChI=1S/C17H27N5O2.HI/c1-2-19-17(20-9-4-10-24-13-14-6-7-14)21-12-16(23)22-15-5-3-8-18-11-15;/h3,5,8,11,14H,2,4,6-7,9-10,12-13H2,1H3,(H,22,23)(H2,19,20,21);1H. The summed E-state index contributed by atoms with van der Waals surface area (Å²) in [7, 11) is 0. The van der Waals surface area contributed by atoms with Crippen molar-refractivity contribution in [2.75, 3.05) is 38.2 Å².